The number of hydrogen-bond donors (Lipinski definition) is 1. The Morgan fingerprint density at radius 2 is 2.50 bits per heavy atom. The van der Waals surface area contributed by atoms with Crippen molar-refractivity contribution in [3.8, 4) is 0 Å². The molecule has 1 heterocycles. The molecule has 0 aliphatic carbocycles. The molecule has 0 amide bonds. The van der Waals surface area contributed by atoms with Crippen molar-refractivity contribution in [3.05, 3.63) is 0 Å². The molecular weight excluding hydrogens is 170 g/mol. The Kier molecular flexibility index (Phi) is 1.44. The van der Waals surface area contributed by atoms with Crippen LogP contribution in [-0.2, 0) is 0 Å². The van der Waals surface area contributed by atoms with Crippen LogP contribution in [0.3, 0.4) is 0 Å². The van der Waals surface area contributed by atoms with Gasteiger partial charge in [0.15, 0.2) is 0 Å². The van der Waals surface area contributed by atoms with Gasteiger partial charge in [0.1, 0.15) is 10.8 Å². The van der Waals surface area contributed by atoms with Gasteiger partial charge in [-0.3, -0.25) is 4.99 Å². The van der Waals surface area contributed by atoms with E-state index < -0.39 is 4.45 Å². The minimum absolute atomic E-state index is 0.498. The molecule has 0 spiro atoms. The topological polar surface area (TPSA) is 50.7 Å². The third kappa shape index (κ3) is 1.38. The van der Waals surface area contributed by atoms with E-state index in [1.165, 1.54) is 6.34 Å². The van der Waals surface area contributed by atoms with E-state index in [0.717, 1.165) is 0 Å². The first-order valence-electron chi connectivity index (χ1n) is 2.21. The van der Waals surface area contributed by atoms with Crippen LogP contribution in [0.1, 0.15) is 0 Å². The van der Waals surface area contributed by atoms with Gasteiger partial charge in [-0.2, -0.15) is 0 Å². The lowest BCUT2D eigenvalue weighted by atomic mass is 10.3. The number of nitrogens with zero attached hydrogens (tertiary/aromatic N) is 2. The number of rotatable bonds is 0. The number of halogens is 1. The Morgan fingerprint density at radius 3 is 2.75 bits per heavy atom. The van der Waals surface area contributed by atoms with Crippen LogP contribution in [0.5, 0.6) is 0 Å². The molecule has 4 heteroatoms. The Bertz CT molecular complexity index is 138. The summed E-state index contributed by atoms with van der Waals surface area (Å²) in [5.74, 6) is 0. The van der Waals surface area contributed by atoms with Gasteiger partial charge in [0.25, 0.3) is 0 Å². The van der Waals surface area contributed by atoms with Crippen molar-refractivity contribution in [1.82, 2.24) is 0 Å². The standard InChI is InChI=1S/C4H6BrN3/c5-4(6)1-7-3-8-2-4/h1,3H,2,6H2. The lowest BCUT2D eigenvalue weighted by molar-refractivity contribution is 0.824. The third-order valence-corrected chi connectivity index (χ3v) is 1.23. The van der Waals surface area contributed by atoms with Crippen LogP contribution in [-0.4, -0.2) is 23.5 Å². The molecular formula is C4H6BrN3. The summed E-state index contributed by atoms with van der Waals surface area (Å²) < 4.78 is -0.498. The monoisotopic (exact) mass is 175 g/mol. The van der Waals surface area contributed by atoms with Crippen molar-refractivity contribution in [2.45, 2.75) is 4.45 Å². The number of nitrogens with two attached hydrogens (primary N) is 1. The summed E-state index contributed by atoms with van der Waals surface area (Å²) in [5, 5.41) is 0. The second-order valence-electron chi connectivity index (χ2n) is 1.66. The second kappa shape index (κ2) is 1.95. The van der Waals surface area contributed by atoms with Gasteiger partial charge < -0.3 is 5.73 Å². The van der Waals surface area contributed by atoms with Crippen LogP contribution < -0.4 is 5.73 Å². The van der Waals surface area contributed by atoms with Crippen LogP contribution in [0.15, 0.2) is 9.98 Å². The van der Waals surface area contributed by atoms with Crippen LogP contribution >= 0.6 is 15.9 Å². The van der Waals surface area contributed by atoms with E-state index in [0.29, 0.717) is 6.54 Å². The molecule has 2 N–H and O–H groups in total. The van der Waals surface area contributed by atoms with E-state index in [4.69, 9.17) is 5.73 Å². The van der Waals surface area contributed by atoms with E-state index >= 15 is 0 Å². The van der Waals surface area contributed by atoms with Gasteiger partial charge in [-0.15, -0.1) is 0 Å². The molecule has 1 aliphatic rings. The molecule has 1 atom stereocenters. The minimum Gasteiger partial charge on any atom is -0.310 e. The van der Waals surface area contributed by atoms with Crippen LogP contribution in [0.2, 0.25) is 0 Å². The molecule has 0 radical (unpaired) electrons. The van der Waals surface area contributed by atoms with Crippen molar-refractivity contribution in [3.63, 3.8) is 0 Å². The van der Waals surface area contributed by atoms with Gasteiger partial charge in [-0.05, 0) is 0 Å². The fourth-order valence-corrected chi connectivity index (χ4v) is 0.689. The predicted molar refractivity (Wildman–Crippen MR) is 37.7 cm³/mol. The first-order chi connectivity index (χ1) is 3.71. The van der Waals surface area contributed by atoms with Crippen LogP contribution in [0.4, 0.5) is 0 Å². The van der Waals surface area contributed by atoms with Crippen LogP contribution in [0, 0.1) is 0 Å². The smallest absolute Gasteiger partial charge is 0.127 e. The van der Waals surface area contributed by atoms with Crippen LogP contribution in [0.25, 0.3) is 0 Å². The molecule has 8 heavy (non-hydrogen) atoms. The summed E-state index contributed by atoms with van der Waals surface area (Å²) in [6.07, 6.45) is 3.12. The maximum atomic E-state index is 5.53. The van der Waals surface area contributed by atoms with Gasteiger partial charge in [0.2, 0.25) is 0 Å². The highest BCUT2D eigenvalue weighted by molar-refractivity contribution is 9.10. The molecule has 0 fully saturated rings. The van der Waals surface area contributed by atoms with Crippen molar-refractivity contribution >= 4 is 28.5 Å². The first kappa shape index (κ1) is 5.91. The van der Waals surface area contributed by atoms with Crippen molar-refractivity contribution in [2.24, 2.45) is 15.7 Å². The first-order valence-corrected chi connectivity index (χ1v) is 3.00. The third-order valence-electron chi connectivity index (χ3n) is 0.771. The summed E-state index contributed by atoms with van der Waals surface area (Å²) in [6, 6.07) is 0. The van der Waals surface area contributed by atoms with E-state index in [9.17, 15) is 0 Å². The summed E-state index contributed by atoms with van der Waals surface area (Å²) in [5.41, 5.74) is 5.53. The van der Waals surface area contributed by atoms with Gasteiger partial charge >= 0.3 is 0 Å². The number of hydrogen-bond acceptors (Lipinski definition) is 3. The lowest BCUT2D eigenvalue weighted by Gasteiger charge is -2.14. The summed E-state index contributed by atoms with van der Waals surface area (Å²) >= 11 is 3.21. The normalized spacial score (nSPS) is 35.8. The largest absolute Gasteiger partial charge is 0.310 e. The average Bonchev–Trinajstić information content (AvgIpc) is 1.65. The second-order valence-corrected chi connectivity index (χ2v) is 3.14. The Balaban J connectivity index is 2.65. The van der Waals surface area contributed by atoms with Crippen molar-refractivity contribution in [1.29, 1.82) is 0 Å². The van der Waals surface area contributed by atoms with Gasteiger partial charge in [0.05, 0.1) is 6.54 Å². The molecule has 1 aliphatic heterocycles. The van der Waals surface area contributed by atoms with Gasteiger partial charge in [-0.1, -0.05) is 15.9 Å². The highest BCUT2D eigenvalue weighted by Crippen LogP contribution is 2.08. The summed E-state index contributed by atoms with van der Waals surface area (Å²) in [7, 11) is 0. The maximum Gasteiger partial charge on any atom is 0.127 e. The fourth-order valence-electron chi connectivity index (χ4n) is 0.426. The molecule has 1 rings (SSSR count). The molecule has 0 aromatic rings. The zero-order chi connectivity index (χ0) is 6.04. The van der Waals surface area contributed by atoms with Gasteiger partial charge in [0, 0.05) is 6.21 Å². The highest BCUT2D eigenvalue weighted by atomic mass is 79.9. The Morgan fingerprint density at radius 1 is 1.75 bits per heavy atom. The molecule has 1 unspecified atom stereocenters. The molecule has 0 saturated heterocycles. The Hall–Kier alpha value is -0.220. The molecule has 3 nitrogen and oxygen atoms in total. The summed E-state index contributed by atoms with van der Waals surface area (Å²) in [6.45, 7) is 0.566. The zero-order valence-corrected chi connectivity index (χ0v) is 5.80. The quantitative estimate of drug-likeness (QED) is 0.414. The van der Waals surface area contributed by atoms with Crippen molar-refractivity contribution < 1.29 is 0 Å². The Labute approximate surface area is 55.8 Å². The minimum atomic E-state index is -0.498. The molecule has 0 bridgehead atoms. The highest BCUT2D eigenvalue weighted by Gasteiger charge is 2.17. The fraction of sp³-hybridized carbons (Fsp3) is 0.500. The van der Waals surface area contributed by atoms with E-state index in [-0.39, 0.29) is 0 Å². The van der Waals surface area contributed by atoms with Gasteiger partial charge in [-0.25, -0.2) is 4.99 Å². The van der Waals surface area contributed by atoms with E-state index in [1.807, 2.05) is 0 Å². The molecule has 44 valence electrons. The molecule has 0 aromatic carbocycles. The average molecular weight is 176 g/mol. The van der Waals surface area contributed by atoms with E-state index in [1.54, 1.807) is 6.21 Å². The molecule has 0 aromatic heterocycles. The number of aliphatic imine (C=N–C) groups is 2. The zero-order valence-electron chi connectivity index (χ0n) is 4.21. The van der Waals surface area contributed by atoms with Crippen molar-refractivity contribution in [2.75, 3.05) is 6.54 Å². The number of alkyl halides is 1. The molecule has 0 saturated carbocycles. The lowest BCUT2D eigenvalue weighted by Crippen LogP contribution is -2.39. The summed E-state index contributed by atoms with van der Waals surface area (Å²) in [4.78, 5) is 7.58. The SMILES string of the molecule is NC1(Br)C=NC=NC1. The predicted octanol–water partition coefficient (Wildman–Crippen LogP) is 0.149. The van der Waals surface area contributed by atoms with E-state index in [2.05, 4.69) is 25.9 Å². The maximum absolute atomic E-state index is 5.53.